The average molecular weight is 349 g/mol. The van der Waals surface area contributed by atoms with Gasteiger partial charge in [-0.25, -0.2) is 0 Å². The second-order valence-corrected chi connectivity index (χ2v) is 5.43. The van der Waals surface area contributed by atoms with Gasteiger partial charge in [0.25, 0.3) is 5.91 Å². The third-order valence-electron chi connectivity index (χ3n) is 2.75. The Morgan fingerprint density at radius 2 is 2.18 bits per heavy atom. The number of hydrogen-bond donors (Lipinski definition) is 3. The molecule has 0 aromatic heterocycles. The maximum absolute atomic E-state index is 12.0. The van der Waals surface area contributed by atoms with Crippen molar-refractivity contribution in [2.24, 2.45) is 0 Å². The molecule has 4 nitrogen and oxygen atoms in total. The summed E-state index contributed by atoms with van der Waals surface area (Å²) >= 11 is 2.07. The van der Waals surface area contributed by atoms with E-state index in [9.17, 15) is 15.0 Å². The molecule has 0 saturated heterocycles. The summed E-state index contributed by atoms with van der Waals surface area (Å²) in [5, 5.41) is 21.6. The Labute approximate surface area is 114 Å². The molecule has 1 amide bonds. The monoisotopic (exact) mass is 349 g/mol. The van der Waals surface area contributed by atoms with Gasteiger partial charge in [0.2, 0.25) is 0 Å². The molecule has 0 aliphatic heterocycles. The number of benzene rings is 1. The first-order valence-electron chi connectivity index (χ1n) is 5.34. The molecule has 0 spiro atoms. The standard InChI is InChI=1S/C12H16INO3/c1-3-12(2,7-15)14-11(17)9-6-8(13)4-5-10(9)16/h4-6,15-16H,3,7H2,1-2H3,(H,14,17). The van der Waals surface area contributed by atoms with Gasteiger partial charge < -0.3 is 15.5 Å². The lowest BCUT2D eigenvalue weighted by Crippen LogP contribution is -2.48. The number of aliphatic hydroxyl groups is 1. The predicted molar refractivity (Wildman–Crippen MR) is 74.1 cm³/mol. The van der Waals surface area contributed by atoms with Crippen molar-refractivity contribution in [1.29, 1.82) is 0 Å². The van der Waals surface area contributed by atoms with Crippen molar-refractivity contribution in [2.75, 3.05) is 6.61 Å². The highest BCUT2D eigenvalue weighted by atomic mass is 127. The highest BCUT2D eigenvalue weighted by molar-refractivity contribution is 14.1. The van der Waals surface area contributed by atoms with Crippen molar-refractivity contribution in [3.05, 3.63) is 27.3 Å². The number of carbonyl (C=O) groups excluding carboxylic acids is 1. The van der Waals surface area contributed by atoms with Gasteiger partial charge in [0.05, 0.1) is 17.7 Å². The third-order valence-corrected chi connectivity index (χ3v) is 3.42. The number of halogens is 1. The number of amides is 1. The molecule has 1 aromatic carbocycles. The van der Waals surface area contributed by atoms with E-state index < -0.39 is 5.54 Å². The van der Waals surface area contributed by atoms with Gasteiger partial charge in [-0.1, -0.05) is 6.92 Å². The quantitative estimate of drug-likeness (QED) is 0.727. The van der Waals surface area contributed by atoms with Crippen molar-refractivity contribution >= 4 is 28.5 Å². The summed E-state index contributed by atoms with van der Waals surface area (Å²) in [4.78, 5) is 12.0. The predicted octanol–water partition coefficient (Wildman–Crippen LogP) is 1.89. The summed E-state index contributed by atoms with van der Waals surface area (Å²) in [6.07, 6.45) is 0.611. The number of aromatic hydroxyl groups is 1. The van der Waals surface area contributed by atoms with Crippen molar-refractivity contribution in [3.63, 3.8) is 0 Å². The van der Waals surface area contributed by atoms with E-state index >= 15 is 0 Å². The first kappa shape index (κ1) is 14.2. The van der Waals surface area contributed by atoms with Gasteiger partial charge in [0, 0.05) is 3.57 Å². The molecule has 0 bridgehead atoms. The van der Waals surface area contributed by atoms with Crippen molar-refractivity contribution in [1.82, 2.24) is 5.32 Å². The highest BCUT2D eigenvalue weighted by Crippen LogP contribution is 2.20. The number of nitrogens with one attached hydrogen (secondary N) is 1. The fourth-order valence-electron chi connectivity index (χ4n) is 1.27. The number of phenolic OH excluding ortho intramolecular Hbond substituents is 1. The van der Waals surface area contributed by atoms with Crippen molar-refractivity contribution in [2.45, 2.75) is 25.8 Å². The zero-order chi connectivity index (χ0) is 13.1. The fraction of sp³-hybridized carbons (Fsp3) is 0.417. The van der Waals surface area contributed by atoms with Crippen LogP contribution < -0.4 is 5.32 Å². The minimum Gasteiger partial charge on any atom is -0.507 e. The Balaban J connectivity index is 2.94. The molecular weight excluding hydrogens is 333 g/mol. The number of carbonyl (C=O) groups is 1. The Morgan fingerprint density at radius 1 is 1.53 bits per heavy atom. The van der Waals surface area contributed by atoms with Crippen LogP contribution in [0.1, 0.15) is 30.6 Å². The average Bonchev–Trinajstić information content (AvgIpc) is 2.32. The SMILES string of the molecule is CCC(C)(CO)NC(=O)c1cc(I)ccc1O. The van der Waals surface area contributed by atoms with Crippen LogP contribution >= 0.6 is 22.6 Å². The molecule has 0 saturated carbocycles. The van der Waals surface area contributed by atoms with E-state index in [4.69, 9.17) is 0 Å². The Kier molecular flexibility index (Phi) is 4.76. The van der Waals surface area contributed by atoms with Gasteiger partial charge in [0.1, 0.15) is 5.75 Å². The fourth-order valence-corrected chi connectivity index (χ4v) is 1.76. The zero-order valence-electron chi connectivity index (χ0n) is 9.83. The normalized spacial score (nSPS) is 14.1. The van der Waals surface area contributed by atoms with Gasteiger partial charge >= 0.3 is 0 Å². The number of rotatable bonds is 4. The van der Waals surface area contributed by atoms with Crippen molar-refractivity contribution < 1.29 is 15.0 Å². The van der Waals surface area contributed by atoms with Gasteiger partial charge in [-0.2, -0.15) is 0 Å². The van der Waals surface area contributed by atoms with E-state index in [1.807, 2.05) is 6.92 Å². The maximum Gasteiger partial charge on any atom is 0.255 e. The van der Waals surface area contributed by atoms with Crippen LogP contribution in [0.3, 0.4) is 0 Å². The molecule has 0 fully saturated rings. The minimum atomic E-state index is -0.662. The second-order valence-electron chi connectivity index (χ2n) is 4.19. The van der Waals surface area contributed by atoms with Gasteiger partial charge in [-0.15, -0.1) is 0 Å². The Hall–Kier alpha value is -0.820. The number of phenols is 1. The van der Waals surface area contributed by atoms with E-state index in [2.05, 4.69) is 27.9 Å². The number of aliphatic hydroxyl groups excluding tert-OH is 1. The molecule has 1 rings (SSSR count). The van der Waals surface area contributed by atoms with E-state index in [0.29, 0.717) is 6.42 Å². The molecule has 0 aliphatic carbocycles. The second kappa shape index (κ2) is 5.68. The summed E-state index contributed by atoms with van der Waals surface area (Å²) in [7, 11) is 0. The van der Waals surface area contributed by atoms with Crippen LogP contribution in [0.25, 0.3) is 0 Å². The molecule has 17 heavy (non-hydrogen) atoms. The smallest absolute Gasteiger partial charge is 0.255 e. The molecule has 5 heteroatoms. The lowest BCUT2D eigenvalue weighted by molar-refractivity contribution is 0.0844. The summed E-state index contributed by atoms with van der Waals surface area (Å²) in [6.45, 7) is 3.50. The molecule has 0 radical (unpaired) electrons. The van der Waals surface area contributed by atoms with Crippen LogP contribution in [0.4, 0.5) is 0 Å². The van der Waals surface area contributed by atoms with E-state index in [1.54, 1.807) is 19.1 Å². The van der Waals surface area contributed by atoms with Crippen LogP contribution in [-0.2, 0) is 0 Å². The van der Waals surface area contributed by atoms with Crippen LogP contribution in [0.5, 0.6) is 5.75 Å². The lowest BCUT2D eigenvalue weighted by Gasteiger charge is -2.27. The summed E-state index contributed by atoms with van der Waals surface area (Å²) in [5.41, 5.74) is -0.435. The maximum atomic E-state index is 12.0. The largest absolute Gasteiger partial charge is 0.507 e. The molecule has 0 heterocycles. The first-order valence-corrected chi connectivity index (χ1v) is 6.41. The zero-order valence-corrected chi connectivity index (χ0v) is 12.0. The summed E-state index contributed by atoms with van der Waals surface area (Å²) in [5.74, 6) is -0.432. The Morgan fingerprint density at radius 3 is 2.71 bits per heavy atom. The molecule has 1 atom stereocenters. The van der Waals surface area contributed by atoms with Gasteiger partial charge in [-0.05, 0) is 54.1 Å². The van der Waals surface area contributed by atoms with E-state index in [0.717, 1.165) is 3.57 Å². The molecule has 1 unspecified atom stereocenters. The Bertz CT molecular complexity index is 416. The van der Waals surface area contributed by atoms with Crippen molar-refractivity contribution in [3.8, 4) is 5.75 Å². The van der Waals surface area contributed by atoms with E-state index in [1.165, 1.54) is 6.07 Å². The van der Waals surface area contributed by atoms with E-state index in [-0.39, 0.29) is 23.8 Å². The first-order chi connectivity index (χ1) is 7.91. The molecule has 94 valence electrons. The third kappa shape index (κ3) is 3.57. The topological polar surface area (TPSA) is 69.6 Å². The van der Waals surface area contributed by atoms with Crippen LogP contribution in [0.15, 0.2) is 18.2 Å². The van der Waals surface area contributed by atoms with Crippen LogP contribution in [0, 0.1) is 3.57 Å². The lowest BCUT2D eigenvalue weighted by atomic mass is 9.99. The highest BCUT2D eigenvalue weighted by Gasteiger charge is 2.25. The molecule has 3 N–H and O–H groups in total. The van der Waals surface area contributed by atoms with Crippen LogP contribution in [0.2, 0.25) is 0 Å². The molecule has 0 aliphatic rings. The summed E-state index contributed by atoms with van der Waals surface area (Å²) < 4.78 is 0.868. The molecular formula is C12H16INO3. The van der Waals surface area contributed by atoms with Gasteiger partial charge in [-0.3, -0.25) is 4.79 Å². The molecule has 1 aromatic rings. The number of hydrogen-bond acceptors (Lipinski definition) is 3. The summed E-state index contributed by atoms with van der Waals surface area (Å²) in [6, 6.07) is 4.81. The van der Waals surface area contributed by atoms with Gasteiger partial charge in [0.15, 0.2) is 0 Å². The van der Waals surface area contributed by atoms with Crippen LogP contribution in [-0.4, -0.2) is 28.3 Å². The minimum absolute atomic E-state index is 0.0562.